The van der Waals surface area contributed by atoms with Gasteiger partial charge in [0.05, 0.1) is 0 Å². The summed E-state index contributed by atoms with van der Waals surface area (Å²) in [6, 6.07) is 26.8. The summed E-state index contributed by atoms with van der Waals surface area (Å²) in [6.07, 6.45) is 0.824. The predicted molar refractivity (Wildman–Crippen MR) is 137 cm³/mol. The summed E-state index contributed by atoms with van der Waals surface area (Å²) in [4.78, 5) is 28.0. The molecule has 0 aliphatic carbocycles. The maximum atomic E-state index is 13.4. The number of carbonyl (C=O) groups is 2. The van der Waals surface area contributed by atoms with E-state index >= 15 is 0 Å². The zero-order chi connectivity index (χ0) is 23.5. The first-order valence-electron chi connectivity index (χ1n) is 11.0. The van der Waals surface area contributed by atoms with Gasteiger partial charge in [-0.15, -0.1) is 0 Å². The molecule has 3 aromatic rings. The minimum atomic E-state index is -0.597. The molecular formula is C27H29ClN2O2S. The van der Waals surface area contributed by atoms with E-state index in [1.54, 1.807) is 35.8 Å². The van der Waals surface area contributed by atoms with Crippen LogP contribution in [0, 0.1) is 0 Å². The largest absolute Gasteiger partial charge is 0.357 e. The molecule has 0 aliphatic rings. The van der Waals surface area contributed by atoms with Crippen molar-refractivity contribution in [1.82, 2.24) is 10.2 Å². The number of nitrogens with zero attached hydrogens (tertiary/aromatic N) is 1. The Morgan fingerprint density at radius 3 is 2.09 bits per heavy atom. The van der Waals surface area contributed by atoms with Gasteiger partial charge in [-0.2, -0.15) is 11.8 Å². The van der Waals surface area contributed by atoms with Crippen LogP contribution in [-0.2, 0) is 28.3 Å². The van der Waals surface area contributed by atoms with Gasteiger partial charge in [0.1, 0.15) is 6.04 Å². The molecule has 0 bridgehead atoms. The number of benzene rings is 3. The van der Waals surface area contributed by atoms with Gasteiger partial charge in [-0.05, 0) is 28.8 Å². The summed E-state index contributed by atoms with van der Waals surface area (Å²) in [5, 5.41) is 3.39. The highest BCUT2D eigenvalue weighted by molar-refractivity contribution is 7.98. The molecular weight excluding hydrogens is 452 g/mol. The lowest BCUT2D eigenvalue weighted by atomic mass is 10.0. The van der Waals surface area contributed by atoms with Crippen molar-refractivity contribution < 1.29 is 9.59 Å². The molecule has 172 valence electrons. The lowest BCUT2D eigenvalue weighted by Gasteiger charge is -2.31. The number of halogens is 1. The SMILES string of the molecule is CNC(=O)[C@@H](Cc1ccccc1)N(Cc1ccc(Cl)cc1)C(=O)CCSCc1ccccc1. The van der Waals surface area contributed by atoms with Crippen molar-refractivity contribution in [3.05, 3.63) is 107 Å². The van der Waals surface area contributed by atoms with Crippen molar-refractivity contribution >= 4 is 35.2 Å². The standard InChI is InChI=1S/C27H29ClN2O2S/c1-29-27(32)25(18-21-8-4-2-5-9-21)30(19-22-12-14-24(28)15-13-22)26(31)16-17-33-20-23-10-6-3-7-11-23/h2-15,25H,16-20H2,1H3,(H,29,32)/t25-/m1/s1. The molecule has 1 N–H and O–H groups in total. The maximum Gasteiger partial charge on any atom is 0.242 e. The van der Waals surface area contributed by atoms with Crippen LogP contribution < -0.4 is 5.32 Å². The van der Waals surface area contributed by atoms with Crippen LogP contribution in [-0.4, -0.2) is 35.6 Å². The van der Waals surface area contributed by atoms with Crippen LogP contribution >= 0.6 is 23.4 Å². The quantitative estimate of drug-likeness (QED) is 0.376. The number of likely N-dealkylation sites (N-methyl/N-ethyl adjacent to an activating group) is 1. The van der Waals surface area contributed by atoms with Crippen LogP contribution in [0.25, 0.3) is 0 Å². The maximum absolute atomic E-state index is 13.4. The highest BCUT2D eigenvalue weighted by Gasteiger charge is 2.29. The monoisotopic (exact) mass is 480 g/mol. The van der Waals surface area contributed by atoms with Crippen LogP contribution in [0.3, 0.4) is 0 Å². The van der Waals surface area contributed by atoms with Gasteiger partial charge in [0, 0.05) is 43.0 Å². The molecule has 0 unspecified atom stereocenters. The van der Waals surface area contributed by atoms with Gasteiger partial charge in [-0.25, -0.2) is 0 Å². The molecule has 0 saturated heterocycles. The van der Waals surface area contributed by atoms with Gasteiger partial charge in [0.2, 0.25) is 11.8 Å². The summed E-state index contributed by atoms with van der Waals surface area (Å²) < 4.78 is 0. The van der Waals surface area contributed by atoms with Crippen LogP contribution in [0.4, 0.5) is 0 Å². The summed E-state index contributed by atoms with van der Waals surface area (Å²) in [6.45, 7) is 0.351. The highest BCUT2D eigenvalue weighted by Crippen LogP contribution is 2.19. The Morgan fingerprint density at radius 2 is 1.48 bits per heavy atom. The van der Waals surface area contributed by atoms with Crippen molar-refractivity contribution in [3.8, 4) is 0 Å². The number of hydrogen-bond donors (Lipinski definition) is 1. The molecule has 0 aliphatic heterocycles. The van der Waals surface area contributed by atoms with E-state index in [0.717, 1.165) is 16.9 Å². The Labute approximate surface area is 205 Å². The smallest absolute Gasteiger partial charge is 0.242 e. The third-order valence-corrected chi connectivity index (χ3v) is 6.64. The van der Waals surface area contributed by atoms with Crippen molar-refractivity contribution in [2.45, 2.75) is 31.2 Å². The predicted octanol–water partition coefficient (Wildman–Crippen LogP) is 5.35. The van der Waals surface area contributed by atoms with Gasteiger partial charge in [0.15, 0.2) is 0 Å². The Bertz CT molecular complexity index is 1010. The molecule has 0 saturated carbocycles. The van der Waals surface area contributed by atoms with E-state index in [1.165, 1.54) is 5.56 Å². The van der Waals surface area contributed by atoms with Crippen molar-refractivity contribution in [2.24, 2.45) is 0 Å². The second-order valence-corrected chi connectivity index (χ2v) is 9.30. The minimum absolute atomic E-state index is 0.0324. The number of thioether (sulfide) groups is 1. The minimum Gasteiger partial charge on any atom is -0.357 e. The van der Waals surface area contributed by atoms with E-state index in [2.05, 4.69) is 17.4 Å². The molecule has 0 radical (unpaired) electrons. The Hall–Kier alpha value is -2.76. The Kier molecular flexibility index (Phi) is 9.85. The summed E-state index contributed by atoms with van der Waals surface area (Å²) in [5.74, 6) is 1.35. The molecule has 0 heterocycles. The zero-order valence-corrected chi connectivity index (χ0v) is 20.3. The third-order valence-electron chi connectivity index (χ3n) is 5.36. The average Bonchev–Trinajstić information content (AvgIpc) is 2.86. The number of rotatable bonds is 11. The van der Waals surface area contributed by atoms with E-state index in [0.29, 0.717) is 30.2 Å². The first-order chi connectivity index (χ1) is 16.1. The van der Waals surface area contributed by atoms with Crippen LogP contribution in [0.2, 0.25) is 5.02 Å². The van der Waals surface area contributed by atoms with Crippen molar-refractivity contribution in [1.29, 1.82) is 0 Å². The topological polar surface area (TPSA) is 49.4 Å². The molecule has 2 amide bonds. The first kappa shape index (κ1) is 24.9. The van der Waals surface area contributed by atoms with E-state index in [9.17, 15) is 9.59 Å². The fourth-order valence-corrected chi connectivity index (χ4v) is 4.59. The molecule has 33 heavy (non-hydrogen) atoms. The molecule has 3 aromatic carbocycles. The fourth-order valence-electron chi connectivity index (χ4n) is 3.57. The normalized spacial score (nSPS) is 11.6. The van der Waals surface area contributed by atoms with Gasteiger partial charge in [-0.1, -0.05) is 84.4 Å². The van der Waals surface area contributed by atoms with Crippen LogP contribution in [0.15, 0.2) is 84.9 Å². The second kappa shape index (κ2) is 13.1. The summed E-state index contributed by atoms with van der Waals surface area (Å²) >= 11 is 7.77. The van der Waals surface area contributed by atoms with E-state index in [1.807, 2.05) is 60.7 Å². The van der Waals surface area contributed by atoms with Crippen LogP contribution in [0.5, 0.6) is 0 Å². The van der Waals surface area contributed by atoms with E-state index in [-0.39, 0.29) is 11.8 Å². The molecule has 4 nitrogen and oxygen atoms in total. The first-order valence-corrected chi connectivity index (χ1v) is 12.5. The molecule has 0 fully saturated rings. The lowest BCUT2D eigenvalue weighted by molar-refractivity contribution is -0.140. The molecule has 3 rings (SSSR count). The zero-order valence-electron chi connectivity index (χ0n) is 18.7. The Balaban J connectivity index is 1.74. The fraction of sp³-hybridized carbons (Fsp3) is 0.259. The van der Waals surface area contributed by atoms with Crippen LogP contribution in [0.1, 0.15) is 23.1 Å². The number of carbonyl (C=O) groups excluding carboxylic acids is 2. The number of nitrogens with one attached hydrogen (secondary N) is 1. The van der Waals surface area contributed by atoms with E-state index in [4.69, 9.17) is 11.6 Å². The van der Waals surface area contributed by atoms with Gasteiger partial charge in [0.25, 0.3) is 0 Å². The highest BCUT2D eigenvalue weighted by atomic mass is 35.5. The number of amides is 2. The van der Waals surface area contributed by atoms with Gasteiger partial charge in [-0.3, -0.25) is 9.59 Å². The molecule has 0 spiro atoms. The van der Waals surface area contributed by atoms with Gasteiger partial charge < -0.3 is 10.2 Å². The Morgan fingerprint density at radius 1 is 0.879 bits per heavy atom. The van der Waals surface area contributed by atoms with E-state index < -0.39 is 6.04 Å². The summed E-state index contributed by atoms with van der Waals surface area (Å²) in [5.41, 5.74) is 3.19. The third kappa shape index (κ3) is 7.95. The number of hydrogen-bond acceptors (Lipinski definition) is 3. The van der Waals surface area contributed by atoms with Crippen molar-refractivity contribution in [2.75, 3.05) is 12.8 Å². The molecule has 0 aromatic heterocycles. The van der Waals surface area contributed by atoms with Crippen molar-refractivity contribution in [3.63, 3.8) is 0 Å². The second-order valence-electron chi connectivity index (χ2n) is 7.76. The lowest BCUT2D eigenvalue weighted by Crippen LogP contribution is -2.49. The van der Waals surface area contributed by atoms with Gasteiger partial charge >= 0.3 is 0 Å². The summed E-state index contributed by atoms with van der Waals surface area (Å²) in [7, 11) is 1.61. The average molecular weight is 481 g/mol. The molecule has 1 atom stereocenters. The molecule has 6 heteroatoms.